The number of sulfone groups is 1. The van der Waals surface area contributed by atoms with Crippen LogP contribution in [-0.2, 0) is 19.4 Å². The van der Waals surface area contributed by atoms with Crippen molar-refractivity contribution >= 4 is 44.9 Å². The van der Waals surface area contributed by atoms with Gasteiger partial charge in [-0.2, -0.15) is 5.26 Å². The van der Waals surface area contributed by atoms with Crippen molar-refractivity contribution in [2.24, 2.45) is 0 Å². The first kappa shape index (κ1) is 25.5. The smallest absolute Gasteiger partial charge is 0.272 e. The monoisotopic (exact) mass is 548 g/mol. The standard InChI is InChI=1S/C28H21ClN2O6S/c1-36-21-7-5-17(6-8-21)26-23(14-22-9-10-25(37-22)18-3-2-4-19(29)13-18)27(32)31(28(33)24(26)15-30)20-11-12-38(34,35)16-20/h2-10,13-14,20H,11-12,16H2,1H3/b23-14-. The average Bonchev–Trinajstić information content (AvgIpc) is 3.51. The first-order valence-corrected chi connectivity index (χ1v) is 13.9. The Kier molecular flexibility index (Phi) is 6.69. The van der Waals surface area contributed by atoms with E-state index in [0.717, 1.165) is 10.5 Å². The Labute approximate surface area is 224 Å². The lowest BCUT2D eigenvalue weighted by molar-refractivity contribution is -0.142. The summed E-state index contributed by atoms with van der Waals surface area (Å²) in [6, 6.07) is 18.2. The van der Waals surface area contributed by atoms with Gasteiger partial charge in [0.25, 0.3) is 11.8 Å². The van der Waals surface area contributed by atoms with Crippen LogP contribution in [0.25, 0.3) is 23.0 Å². The van der Waals surface area contributed by atoms with Gasteiger partial charge in [-0.15, -0.1) is 0 Å². The van der Waals surface area contributed by atoms with Crippen molar-refractivity contribution in [1.29, 1.82) is 5.26 Å². The van der Waals surface area contributed by atoms with Gasteiger partial charge in [-0.1, -0.05) is 35.9 Å². The highest BCUT2D eigenvalue weighted by atomic mass is 35.5. The van der Waals surface area contributed by atoms with E-state index < -0.39 is 27.7 Å². The molecule has 3 aromatic rings. The minimum atomic E-state index is -3.40. The van der Waals surface area contributed by atoms with Gasteiger partial charge in [-0.05, 0) is 54.5 Å². The SMILES string of the molecule is COc1ccc(C2=C(C#N)C(=O)N(C3CCS(=O)(=O)C3)C(=O)/C2=C\c2ccc(-c3cccc(Cl)c3)o2)cc1. The van der Waals surface area contributed by atoms with Crippen LogP contribution < -0.4 is 4.74 Å². The van der Waals surface area contributed by atoms with Crippen molar-refractivity contribution in [3.05, 3.63) is 88.2 Å². The van der Waals surface area contributed by atoms with Crippen molar-refractivity contribution in [1.82, 2.24) is 4.90 Å². The van der Waals surface area contributed by atoms with E-state index in [-0.39, 0.29) is 34.6 Å². The van der Waals surface area contributed by atoms with Crippen LogP contribution in [0.5, 0.6) is 5.75 Å². The Bertz CT molecular complexity index is 1660. The first-order chi connectivity index (χ1) is 18.2. The van der Waals surface area contributed by atoms with Gasteiger partial charge in [0.1, 0.15) is 28.9 Å². The van der Waals surface area contributed by atoms with Gasteiger partial charge in [-0.25, -0.2) is 8.42 Å². The Morgan fingerprint density at radius 3 is 2.47 bits per heavy atom. The van der Waals surface area contributed by atoms with Gasteiger partial charge in [0, 0.05) is 16.2 Å². The highest BCUT2D eigenvalue weighted by Gasteiger charge is 2.45. The molecule has 0 spiro atoms. The van der Waals surface area contributed by atoms with Crippen LogP contribution in [0.4, 0.5) is 0 Å². The number of furan rings is 1. The number of benzene rings is 2. The molecule has 1 atom stereocenters. The predicted molar refractivity (Wildman–Crippen MR) is 142 cm³/mol. The number of hydrogen-bond donors (Lipinski definition) is 0. The molecule has 0 N–H and O–H groups in total. The molecule has 1 fully saturated rings. The van der Waals surface area contributed by atoms with Crippen molar-refractivity contribution in [2.45, 2.75) is 12.5 Å². The van der Waals surface area contributed by atoms with E-state index in [4.69, 9.17) is 20.8 Å². The summed E-state index contributed by atoms with van der Waals surface area (Å²) in [6.45, 7) is 0. The van der Waals surface area contributed by atoms with Crippen molar-refractivity contribution < 1.29 is 27.2 Å². The number of ether oxygens (including phenoxy) is 1. The maximum atomic E-state index is 13.8. The van der Waals surface area contributed by atoms with E-state index >= 15 is 0 Å². The molecule has 0 bridgehead atoms. The number of halogens is 1. The Balaban J connectivity index is 1.66. The summed E-state index contributed by atoms with van der Waals surface area (Å²) in [7, 11) is -1.89. The number of nitrogens with zero attached hydrogens (tertiary/aromatic N) is 2. The lowest BCUT2D eigenvalue weighted by Crippen LogP contribution is -2.49. The lowest BCUT2D eigenvalue weighted by atomic mass is 9.87. The van der Waals surface area contributed by atoms with Gasteiger partial charge in [0.15, 0.2) is 9.84 Å². The molecular formula is C28H21ClN2O6S. The van der Waals surface area contributed by atoms with Crippen LogP contribution in [0, 0.1) is 11.3 Å². The molecule has 1 aromatic heterocycles. The van der Waals surface area contributed by atoms with E-state index in [0.29, 0.717) is 27.9 Å². The maximum Gasteiger partial charge on any atom is 0.272 e. The van der Waals surface area contributed by atoms with Gasteiger partial charge in [0.2, 0.25) is 0 Å². The highest BCUT2D eigenvalue weighted by molar-refractivity contribution is 7.91. The maximum absolute atomic E-state index is 13.8. The molecule has 2 aromatic carbocycles. The summed E-state index contributed by atoms with van der Waals surface area (Å²) in [5, 5.41) is 10.6. The zero-order chi connectivity index (χ0) is 27.0. The fourth-order valence-corrected chi connectivity index (χ4v) is 6.56. The quantitative estimate of drug-likeness (QED) is 0.339. The molecule has 38 heavy (non-hydrogen) atoms. The zero-order valence-corrected chi connectivity index (χ0v) is 21.8. The first-order valence-electron chi connectivity index (χ1n) is 11.7. The Hall–Kier alpha value is -4.13. The van der Waals surface area contributed by atoms with Gasteiger partial charge >= 0.3 is 0 Å². The number of carbonyl (C=O) groups is 2. The second-order valence-electron chi connectivity index (χ2n) is 8.90. The van der Waals surface area contributed by atoms with E-state index in [1.54, 1.807) is 54.6 Å². The lowest BCUT2D eigenvalue weighted by Gasteiger charge is -2.32. The van der Waals surface area contributed by atoms with Gasteiger partial charge < -0.3 is 9.15 Å². The molecular weight excluding hydrogens is 528 g/mol. The summed E-state index contributed by atoms with van der Waals surface area (Å²) in [5.41, 5.74) is 1.11. The molecule has 0 radical (unpaired) electrons. The molecule has 5 rings (SSSR count). The summed E-state index contributed by atoms with van der Waals surface area (Å²) < 4.78 is 35.5. The Morgan fingerprint density at radius 1 is 1.08 bits per heavy atom. The molecule has 3 heterocycles. The second-order valence-corrected chi connectivity index (χ2v) is 11.6. The van der Waals surface area contributed by atoms with Crippen LogP contribution in [0.3, 0.4) is 0 Å². The largest absolute Gasteiger partial charge is 0.497 e. The summed E-state index contributed by atoms with van der Waals surface area (Å²) in [6.07, 6.45) is 1.58. The average molecular weight is 549 g/mol. The van der Waals surface area contributed by atoms with Gasteiger partial charge in [-0.3, -0.25) is 14.5 Å². The van der Waals surface area contributed by atoms with E-state index in [1.807, 2.05) is 12.1 Å². The molecule has 1 unspecified atom stereocenters. The molecule has 2 amide bonds. The summed E-state index contributed by atoms with van der Waals surface area (Å²) in [5.74, 6) is -0.612. The van der Waals surface area contributed by atoms with Crippen LogP contribution >= 0.6 is 11.6 Å². The molecule has 8 nitrogen and oxygen atoms in total. The molecule has 0 saturated carbocycles. The second kappa shape index (κ2) is 9.97. The van der Waals surface area contributed by atoms with Crippen molar-refractivity contribution in [2.75, 3.05) is 18.6 Å². The van der Waals surface area contributed by atoms with Crippen LogP contribution in [0.1, 0.15) is 17.7 Å². The van der Waals surface area contributed by atoms with Crippen LogP contribution in [0.2, 0.25) is 5.02 Å². The molecule has 0 aliphatic carbocycles. The highest BCUT2D eigenvalue weighted by Crippen LogP contribution is 2.38. The van der Waals surface area contributed by atoms with E-state index in [2.05, 4.69) is 0 Å². The third-order valence-electron chi connectivity index (χ3n) is 6.49. The number of methoxy groups -OCH3 is 1. The third-order valence-corrected chi connectivity index (χ3v) is 8.47. The van der Waals surface area contributed by atoms with E-state index in [9.17, 15) is 23.3 Å². The Morgan fingerprint density at radius 2 is 1.84 bits per heavy atom. The minimum absolute atomic E-state index is 0.0441. The van der Waals surface area contributed by atoms with Gasteiger partial charge in [0.05, 0.1) is 30.2 Å². The van der Waals surface area contributed by atoms with Crippen LogP contribution in [0.15, 0.2) is 76.2 Å². The number of imide groups is 1. The number of carbonyl (C=O) groups excluding carboxylic acids is 2. The fourth-order valence-electron chi connectivity index (χ4n) is 4.67. The normalized spacial score (nSPS) is 20.2. The van der Waals surface area contributed by atoms with Crippen LogP contribution in [-0.4, -0.2) is 49.8 Å². The predicted octanol–water partition coefficient (Wildman–Crippen LogP) is 4.53. The number of amides is 2. The summed E-state index contributed by atoms with van der Waals surface area (Å²) in [4.78, 5) is 28.2. The zero-order valence-electron chi connectivity index (χ0n) is 20.2. The number of nitriles is 1. The molecule has 192 valence electrons. The van der Waals surface area contributed by atoms with E-state index in [1.165, 1.54) is 13.2 Å². The molecule has 1 saturated heterocycles. The number of hydrogen-bond acceptors (Lipinski definition) is 7. The molecule has 2 aliphatic rings. The summed E-state index contributed by atoms with van der Waals surface area (Å²) >= 11 is 6.10. The molecule has 2 aliphatic heterocycles. The topological polar surface area (TPSA) is 118 Å². The molecule has 10 heteroatoms. The van der Waals surface area contributed by atoms with Crippen molar-refractivity contribution in [3.8, 4) is 23.1 Å². The third kappa shape index (κ3) is 4.76. The minimum Gasteiger partial charge on any atom is -0.497 e. The fraction of sp³-hybridized carbons (Fsp3) is 0.179. The number of rotatable bonds is 5. The van der Waals surface area contributed by atoms with Crippen molar-refractivity contribution in [3.63, 3.8) is 0 Å².